The van der Waals surface area contributed by atoms with Crippen LogP contribution in [0.4, 0.5) is 0 Å². The Morgan fingerprint density at radius 3 is 2.78 bits per heavy atom. The molecular formula is C13H21ClN2O2. The van der Waals surface area contributed by atoms with Crippen LogP contribution in [0.1, 0.15) is 5.56 Å². The Kier molecular flexibility index (Phi) is 7.05. The largest absolute Gasteiger partial charge is 0.508 e. The van der Waals surface area contributed by atoms with Crippen molar-refractivity contribution in [2.45, 2.75) is 6.54 Å². The maximum Gasteiger partial charge on any atom is 0.121 e. The van der Waals surface area contributed by atoms with Crippen molar-refractivity contribution in [1.29, 1.82) is 0 Å². The Morgan fingerprint density at radius 1 is 1.33 bits per heavy atom. The first kappa shape index (κ1) is 15.2. The first-order valence-corrected chi connectivity index (χ1v) is 6.38. The number of likely N-dealkylation sites (N-methyl/N-ethyl adjacent to an activating group) is 1. The topological polar surface area (TPSA) is 44.7 Å². The highest BCUT2D eigenvalue weighted by Crippen LogP contribution is 2.24. The maximum atomic E-state index is 9.63. The van der Waals surface area contributed by atoms with Gasteiger partial charge in [0.25, 0.3) is 0 Å². The molecule has 0 atom stereocenters. The van der Waals surface area contributed by atoms with E-state index in [9.17, 15) is 5.11 Å². The molecule has 1 aromatic rings. The third-order valence-corrected chi connectivity index (χ3v) is 2.86. The number of halogens is 1. The zero-order chi connectivity index (χ0) is 13.4. The predicted octanol–water partition coefficient (Wildman–Crippen LogP) is 1.71. The number of phenols is 1. The molecule has 0 radical (unpaired) electrons. The summed E-state index contributed by atoms with van der Waals surface area (Å²) >= 11 is 5.99. The number of nitrogens with zero attached hydrogens (tertiary/aromatic N) is 1. The van der Waals surface area contributed by atoms with Crippen molar-refractivity contribution in [2.75, 3.05) is 40.4 Å². The standard InChI is InChI=1S/C13H21ClN2O2/c1-16(2)7-9-18-8-6-15-10-11-12(14)4-3-5-13(11)17/h3-5,15,17H,6-10H2,1-2H3. The van der Waals surface area contributed by atoms with Crippen LogP contribution in [0.5, 0.6) is 5.75 Å². The second-order valence-corrected chi connectivity index (χ2v) is 4.74. The van der Waals surface area contributed by atoms with E-state index in [2.05, 4.69) is 10.2 Å². The van der Waals surface area contributed by atoms with Crippen LogP contribution < -0.4 is 5.32 Å². The monoisotopic (exact) mass is 272 g/mol. The molecule has 0 saturated heterocycles. The Labute approximate surface area is 114 Å². The van der Waals surface area contributed by atoms with Gasteiger partial charge in [0, 0.05) is 30.2 Å². The van der Waals surface area contributed by atoms with E-state index in [1.165, 1.54) is 0 Å². The molecule has 2 N–H and O–H groups in total. The summed E-state index contributed by atoms with van der Waals surface area (Å²) in [6, 6.07) is 5.13. The minimum atomic E-state index is 0.225. The highest BCUT2D eigenvalue weighted by atomic mass is 35.5. The quantitative estimate of drug-likeness (QED) is 0.708. The van der Waals surface area contributed by atoms with Gasteiger partial charge in [0.05, 0.1) is 13.2 Å². The fraction of sp³-hybridized carbons (Fsp3) is 0.538. The van der Waals surface area contributed by atoms with E-state index < -0.39 is 0 Å². The minimum Gasteiger partial charge on any atom is -0.508 e. The molecule has 1 aromatic carbocycles. The molecule has 1 rings (SSSR count). The molecular weight excluding hydrogens is 252 g/mol. The number of rotatable bonds is 8. The first-order valence-electron chi connectivity index (χ1n) is 6.01. The molecule has 0 aliphatic heterocycles. The average Bonchev–Trinajstić information content (AvgIpc) is 2.30. The number of hydrogen-bond acceptors (Lipinski definition) is 4. The fourth-order valence-corrected chi connectivity index (χ4v) is 1.67. The van der Waals surface area contributed by atoms with E-state index in [-0.39, 0.29) is 5.75 Å². The second kappa shape index (κ2) is 8.32. The first-order chi connectivity index (χ1) is 8.61. The molecule has 5 heteroatoms. The molecule has 0 aliphatic rings. The SMILES string of the molecule is CN(C)CCOCCNCc1c(O)cccc1Cl. The van der Waals surface area contributed by atoms with Gasteiger partial charge in [-0.1, -0.05) is 17.7 Å². The molecule has 0 unspecified atom stereocenters. The lowest BCUT2D eigenvalue weighted by atomic mass is 10.2. The molecule has 0 fully saturated rings. The van der Waals surface area contributed by atoms with Crippen LogP contribution >= 0.6 is 11.6 Å². The molecule has 0 amide bonds. The normalized spacial score (nSPS) is 11.1. The van der Waals surface area contributed by atoms with Crippen LogP contribution in [-0.2, 0) is 11.3 Å². The van der Waals surface area contributed by atoms with E-state index in [0.717, 1.165) is 25.3 Å². The van der Waals surface area contributed by atoms with Gasteiger partial charge in [-0.3, -0.25) is 0 Å². The van der Waals surface area contributed by atoms with Crippen molar-refractivity contribution < 1.29 is 9.84 Å². The van der Waals surface area contributed by atoms with Crippen LogP contribution in [0.25, 0.3) is 0 Å². The van der Waals surface area contributed by atoms with Gasteiger partial charge >= 0.3 is 0 Å². The summed E-state index contributed by atoms with van der Waals surface area (Å²) < 4.78 is 5.44. The Bertz CT molecular complexity index is 339. The second-order valence-electron chi connectivity index (χ2n) is 4.33. The van der Waals surface area contributed by atoms with E-state index in [1.807, 2.05) is 14.1 Å². The number of nitrogens with one attached hydrogen (secondary N) is 1. The zero-order valence-electron chi connectivity index (χ0n) is 10.9. The number of aromatic hydroxyl groups is 1. The van der Waals surface area contributed by atoms with Crippen LogP contribution in [0.3, 0.4) is 0 Å². The van der Waals surface area contributed by atoms with Crippen LogP contribution in [0.2, 0.25) is 5.02 Å². The summed E-state index contributed by atoms with van der Waals surface area (Å²) in [5.41, 5.74) is 0.729. The number of benzene rings is 1. The Balaban J connectivity index is 2.14. The van der Waals surface area contributed by atoms with Gasteiger partial charge in [-0.25, -0.2) is 0 Å². The lowest BCUT2D eigenvalue weighted by molar-refractivity contribution is 0.119. The van der Waals surface area contributed by atoms with Gasteiger partial charge in [0.15, 0.2) is 0 Å². The van der Waals surface area contributed by atoms with Gasteiger partial charge in [-0.2, -0.15) is 0 Å². The molecule has 4 nitrogen and oxygen atoms in total. The summed E-state index contributed by atoms with van der Waals surface area (Å²) in [5, 5.41) is 13.4. The van der Waals surface area contributed by atoms with Crippen LogP contribution in [0, 0.1) is 0 Å². The van der Waals surface area contributed by atoms with Crippen molar-refractivity contribution in [3.63, 3.8) is 0 Å². The maximum absolute atomic E-state index is 9.63. The molecule has 0 saturated carbocycles. The highest BCUT2D eigenvalue weighted by molar-refractivity contribution is 6.31. The molecule has 102 valence electrons. The van der Waals surface area contributed by atoms with E-state index in [0.29, 0.717) is 18.2 Å². The Hall–Kier alpha value is -0.810. The number of ether oxygens (including phenoxy) is 1. The van der Waals surface area contributed by atoms with E-state index >= 15 is 0 Å². The van der Waals surface area contributed by atoms with Gasteiger partial charge in [-0.15, -0.1) is 0 Å². The predicted molar refractivity (Wildman–Crippen MR) is 74.2 cm³/mol. The fourth-order valence-electron chi connectivity index (χ4n) is 1.43. The molecule has 0 aromatic heterocycles. The van der Waals surface area contributed by atoms with Crippen molar-refractivity contribution in [3.05, 3.63) is 28.8 Å². The molecule has 0 aliphatic carbocycles. The lowest BCUT2D eigenvalue weighted by Crippen LogP contribution is -2.23. The molecule has 18 heavy (non-hydrogen) atoms. The highest BCUT2D eigenvalue weighted by Gasteiger charge is 2.04. The van der Waals surface area contributed by atoms with Gasteiger partial charge in [0.2, 0.25) is 0 Å². The summed E-state index contributed by atoms with van der Waals surface area (Å²) in [4.78, 5) is 2.08. The van der Waals surface area contributed by atoms with E-state index in [1.54, 1.807) is 18.2 Å². The van der Waals surface area contributed by atoms with Crippen molar-refractivity contribution in [2.24, 2.45) is 0 Å². The average molecular weight is 273 g/mol. The van der Waals surface area contributed by atoms with Gasteiger partial charge < -0.3 is 20.1 Å². The summed E-state index contributed by atoms with van der Waals surface area (Å²) in [5.74, 6) is 0.225. The molecule has 0 bridgehead atoms. The third kappa shape index (κ3) is 5.69. The van der Waals surface area contributed by atoms with Crippen molar-refractivity contribution >= 4 is 11.6 Å². The van der Waals surface area contributed by atoms with Gasteiger partial charge in [0.1, 0.15) is 5.75 Å². The summed E-state index contributed by atoms with van der Waals surface area (Å²) in [6.45, 7) is 3.58. The number of hydrogen-bond donors (Lipinski definition) is 2. The zero-order valence-corrected chi connectivity index (χ0v) is 11.7. The smallest absolute Gasteiger partial charge is 0.121 e. The molecule has 0 heterocycles. The van der Waals surface area contributed by atoms with Crippen molar-refractivity contribution in [3.8, 4) is 5.75 Å². The Morgan fingerprint density at radius 2 is 2.11 bits per heavy atom. The van der Waals surface area contributed by atoms with E-state index in [4.69, 9.17) is 16.3 Å². The minimum absolute atomic E-state index is 0.225. The van der Waals surface area contributed by atoms with Crippen LogP contribution in [0.15, 0.2) is 18.2 Å². The van der Waals surface area contributed by atoms with Crippen molar-refractivity contribution in [1.82, 2.24) is 10.2 Å². The summed E-state index contributed by atoms with van der Waals surface area (Å²) in [7, 11) is 4.03. The summed E-state index contributed by atoms with van der Waals surface area (Å²) in [6.07, 6.45) is 0. The molecule has 0 spiro atoms. The third-order valence-electron chi connectivity index (χ3n) is 2.50. The van der Waals surface area contributed by atoms with Crippen LogP contribution in [-0.4, -0.2) is 50.4 Å². The van der Waals surface area contributed by atoms with Gasteiger partial charge in [-0.05, 0) is 26.2 Å². The lowest BCUT2D eigenvalue weighted by Gasteiger charge is -2.11. The number of phenolic OH excluding ortho intramolecular Hbond substituents is 1.